The third-order valence-corrected chi connectivity index (χ3v) is 4.91. The second kappa shape index (κ2) is 7.78. The Morgan fingerprint density at radius 3 is 2.46 bits per heavy atom. The minimum absolute atomic E-state index is 0.0383. The van der Waals surface area contributed by atoms with Gasteiger partial charge in [0.2, 0.25) is 5.82 Å². The molecular formula is C18H22F3N5O2. The largest absolute Gasteiger partial charge is 0.416 e. The number of alkyl halides is 3. The van der Waals surface area contributed by atoms with Crippen LogP contribution in [0.4, 0.5) is 24.7 Å². The summed E-state index contributed by atoms with van der Waals surface area (Å²) < 4.78 is 40.2. The van der Waals surface area contributed by atoms with Crippen molar-refractivity contribution in [3.63, 3.8) is 0 Å². The van der Waals surface area contributed by atoms with E-state index in [-0.39, 0.29) is 5.69 Å². The van der Waals surface area contributed by atoms with Crippen molar-refractivity contribution >= 4 is 11.5 Å². The van der Waals surface area contributed by atoms with Crippen LogP contribution in [0, 0.1) is 10.1 Å². The van der Waals surface area contributed by atoms with E-state index >= 15 is 0 Å². The number of piperazine rings is 1. The van der Waals surface area contributed by atoms with Crippen molar-refractivity contribution in [2.45, 2.75) is 26.1 Å². The van der Waals surface area contributed by atoms with Crippen molar-refractivity contribution in [1.82, 2.24) is 14.7 Å². The van der Waals surface area contributed by atoms with Crippen molar-refractivity contribution in [2.24, 2.45) is 7.05 Å². The Balaban J connectivity index is 1.69. The molecule has 2 heterocycles. The molecule has 1 fully saturated rings. The predicted octanol–water partition coefficient (Wildman–Crippen LogP) is 3.23. The van der Waals surface area contributed by atoms with Gasteiger partial charge in [-0.3, -0.25) is 15.0 Å². The highest BCUT2D eigenvalue weighted by molar-refractivity contribution is 5.62. The highest BCUT2D eigenvalue weighted by Crippen LogP contribution is 2.33. The number of nitrogens with zero attached hydrogens (tertiary/aromatic N) is 5. The highest BCUT2D eigenvalue weighted by atomic mass is 19.4. The third kappa shape index (κ3) is 4.11. The van der Waals surface area contributed by atoms with Crippen molar-refractivity contribution in [3.05, 3.63) is 51.2 Å². The van der Waals surface area contributed by atoms with Crippen LogP contribution >= 0.6 is 0 Å². The number of aromatic nitrogens is 2. The van der Waals surface area contributed by atoms with Gasteiger partial charge in [0.15, 0.2) is 0 Å². The number of hydrogen-bond acceptors (Lipinski definition) is 5. The summed E-state index contributed by atoms with van der Waals surface area (Å²) in [5.74, 6) is 0.487. The van der Waals surface area contributed by atoms with Gasteiger partial charge in [0.25, 0.3) is 0 Å². The lowest BCUT2D eigenvalue weighted by atomic mass is 10.1. The van der Waals surface area contributed by atoms with E-state index in [0.29, 0.717) is 56.2 Å². The van der Waals surface area contributed by atoms with Gasteiger partial charge in [-0.1, -0.05) is 25.1 Å². The standard InChI is InChI=1S/C18H22F3N5O2/c1-3-15-16(26(27)28)17(23(2)22-15)25-9-7-24(8-10-25)12-13-5-4-6-14(11-13)18(19,20)21/h4-6,11H,3,7-10,12H2,1-2H3. The van der Waals surface area contributed by atoms with E-state index in [9.17, 15) is 23.3 Å². The molecule has 0 atom stereocenters. The molecule has 0 aliphatic carbocycles. The van der Waals surface area contributed by atoms with Crippen LogP contribution in [-0.2, 0) is 26.2 Å². The van der Waals surface area contributed by atoms with Gasteiger partial charge in [-0.2, -0.15) is 18.3 Å². The maximum Gasteiger partial charge on any atom is 0.416 e. The first-order valence-electron chi connectivity index (χ1n) is 9.04. The number of aryl methyl sites for hydroxylation is 2. The molecule has 0 unspecified atom stereocenters. The third-order valence-electron chi connectivity index (χ3n) is 4.91. The van der Waals surface area contributed by atoms with Crippen LogP contribution in [0.3, 0.4) is 0 Å². The molecule has 0 amide bonds. The zero-order valence-electron chi connectivity index (χ0n) is 15.7. The number of benzene rings is 1. The number of hydrogen-bond donors (Lipinski definition) is 0. The van der Waals surface area contributed by atoms with E-state index in [1.807, 2.05) is 11.8 Å². The summed E-state index contributed by atoms with van der Waals surface area (Å²) in [6, 6.07) is 5.33. The predicted molar refractivity (Wildman–Crippen MR) is 98.2 cm³/mol. The maximum absolute atomic E-state index is 12.9. The van der Waals surface area contributed by atoms with E-state index in [1.54, 1.807) is 17.8 Å². The molecule has 0 radical (unpaired) electrons. The van der Waals surface area contributed by atoms with E-state index in [2.05, 4.69) is 10.00 Å². The lowest BCUT2D eigenvalue weighted by Gasteiger charge is -2.35. The summed E-state index contributed by atoms with van der Waals surface area (Å²) in [6.45, 7) is 4.52. The molecule has 1 aliphatic heterocycles. The zero-order valence-corrected chi connectivity index (χ0v) is 15.7. The molecule has 3 rings (SSSR count). The molecule has 0 bridgehead atoms. The molecule has 1 aromatic heterocycles. The normalized spacial score (nSPS) is 15.8. The molecule has 152 valence electrons. The van der Waals surface area contributed by atoms with Gasteiger partial charge in [0.05, 0.1) is 10.5 Å². The Morgan fingerprint density at radius 1 is 1.21 bits per heavy atom. The summed E-state index contributed by atoms with van der Waals surface area (Å²) in [4.78, 5) is 15.1. The SMILES string of the molecule is CCc1nn(C)c(N2CCN(Cc3cccc(C(F)(F)F)c3)CC2)c1[N+](=O)[O-]. The molecule has 2 aromatic rings. The van der Waals surface area contributed by atoms with Crippen molar-refractivity contribution in [3.8, 4) is 0 Å². The fourth-order valence-corrected chi connectivity index (χ4v) is 3.56. The Bertz CT molecular complexity index is 857. The van der Waals surface area contributed by atoms with Crippen LogP contribution in [0.15, 0.2) is 24.3 Å². The summed E-state index contributed by atoms with van der Waals surface area (Å²) in [6.07, 6.45) is -3.89. The first-order valence-corrected chi connectivity index (χ1v) is 9.04. The van der Waals surface area contributed by atoms with E-state index < -0.39 is 16.7 Å². The Morgan fingerprint density at radius 2 is 1.89 bits per heavy atom. The maximum atomic E-state index is 12.9. The molecule has 0 spiro atoms. The molecule has 1 saturated heterocycles. The number of halogens is 3. The summed E-state index contributed by atoms with van der Waals surface area (Å²) in [5, 5.41) is 15.8. The molecular weight excluding hydrogens is 375 g/mol. The number of anilines is 1. The Labute approximate surface area is 160 Å². The monoisotopic (exact) mass is 397 g/mol. The lowest BCUT2D eigenvalue weighted by molar-refractivity contribution is -0.384. The molecule has 7 nitrogen and oxygen atoms in total. The average molecular weight is 397 g/mol. The molecule has 10 heteroatoms. The lowest BCUT2D eigenvalue weighted by Crippen LogP contribution is -2.46. The van der Waals surface area contributed by atoms with Gasteiger partial charge in [0, 0.05) is 39.8 Å². The van der Waals surface area contributed by atoms with Gasteiger partial charge >= 0.3 is 11.9 Å². The fraction of sp³-hybridized carbons (Fsp3) is 0.500. The summed E-state index contributed by atoms with van der Waals surface area (Å²) >= 11 is 0. The summed E-state index contributed by atoms with van der Waals surface area (Å²) in [5.41, 5.74) is 0.439. The van der Waals surface area contributed by atoms with E-state index in [1.165, 1.54) is 12.1 Å². The van der Waals surface area contributed by atoms with Crippen LogP contribution in [0.5, 0.6) is 0 Å². The first-order chi connectivity index (χ1) is 13.2. The van der Waals surface area contributed by atoms with Gasteiger partial charge in [-0.25, -0.2) is 4.68 Å². The average Bonchev–Trinajstić information content (AvgIpc) is 2.98. The van der Waals surface area contributed by atoms with E-state index in [4.69, 9.17) is 0 Å². The minimum atomic E-state index is -4.36. The number of rotatable bonds is 5. The molecule has 1 aromatic carbocycles. The molecule has 0 N–H and O–H groups in total. The minimum Gasteiger partial charge on any atom is -0.349 e. The summed E-state index contributed by atoms with van der Waals surface area (Å²) in [7, 11) is 1.69. The van der Waals surface area contributed by atoms with E-state index in [0.717, 1.165) is 6.07 Å². The topological polar surface area (TPSA) is 67.4 Å². The smallest absolute Gasteiger partial charge is 0.349 e. The zero-order chi connectivity index (χ0) is 20.5. The highest BCUT2D eigenvalue weighted by Gasteiger charge is 2.32. The van der Waals surface area contributed by atoms with Crippen molar-refractivity contribution in [2.75, 3.05) is 31.1 Å². The Kier molecular flexibility index (Phi) is 5.59. The fourth-order valence-electron chi connectivity index (χ4n) is 3.56. The first kappa shape index (κ1) is 20.1. The van der Waals surface area contributed by atoms with Crippen molar-refractivity contribution < 1.29 is 18.1 Å². The van der Waals surface area contributed by atoms with Crippen LogP contribution in [0.25, 0.3) is 0 Å². The van der Waals surface area contributed by atoms with Gasteiger partial charge in [-0.15, -0.1) is 0 Å². The van der Waals surface area contributed by atoms with Crippen molar-refractivity contribution in [1.29, 1.82) is 0 Å². The van der Waals surface area contributed by atoms with Gasteiger partial charge in [-0.05, 0) is 18.1 Å². The van der Waals surface area contributed by atoms with Crippen LogP contribution < -0.4 is 4.90 Å². The second-order valence-corrected chi connectivity index (χ2v) is 6.81. The molecule has 28 heavy (non-hydrogen) atoms. The molecule has 0 saturated carbocycles. The van der Waals surface area contributed by atoms with Crippen LogP contribution in [-0.4, -0.2) is 45.8 Å². The Hall–Kier alpha value is -2.62. The molecule has 1 aliphatic rings. The van der Waals surface area contributed by atoms with Crippen LogP contribution in [0.2, 0.25) is 0 Å². The second-order valence-electron chi connectivity index (χ2n) is 6.81. The number of nitro groups is 1. The van der Waals surface area contributed by atoms with Gasteiger partial charge in [0.1, 0.15) is 5.69 Å². The van der Waals surface area contributed by atoms with Gasteiger partial charge < -0.3 is 4.90 Å². The van der Waals surface area contributed by atoms with Crippen LogP contribution in [0.1, 0.15) is 23.7 Å². The quantitative estimate of drug-likeness (QED) is 0.572.